The number of hydrogen-bond acceptors (Lipinski definition) is 5. The third-order valence-corrected chi connectivity index (χ3v) is 4.88. The molecule has 0 N–H and O–H groups in total. The van der Waals surface area contributed by atoms with Crippen LogP contribution in [0, 0.1) is 17.1 Å². The van der Waals surface area contributed by atoms with E-state index in [0.29, 0.717) is 22.2 Å². The lowest BCUT2D eigenvalue weighted by Gasteiger charge is -2.19. The lowest BCUT2D eigenvalue weighted by atomic mass is 10.2. The number of anilines is 1. The second kappa shape index (κ2) is 8.47. The zero-order valence-electron chi connectivity index (χ0n) is 14.5. The van der Waals surface area contributed by atoms with Crippen LogP contribution < -0.4 is 4.90 Å². The fourth-order valence-corrected chi connectivity index (χ4v) is 3.31. The summed E-state index contributed by atoms with van der Waals surface area (Å²) in [5.74, 6) is -0.132. The highest BCUT2D eigenvalue weighted by Gasteiger charge is 2.19. The van der Waals surface area contributed by atoms with E-state index in [-0.39, 0.29) is 24.0 Å². The first-order chi connectivity index (χ1) is 13.1. The van der Waals surface area contributed by atoms with Crippen molar-refractivity contribution in [2.75, 3.05) is 17.2 Å². The lowest BCUT2D eigenvalue weighted by Crippen LogP contribution is -2.32. The molecule has 3 rings (SSSR count). The van der Waals surface area contributed by atoms with Gasteiger partial charge < -0.3 is 4.57 Å². The van der Waals surface area contributed by atoms with Gasteiger partial charge in [-0.15, -0.1) is 10.2 Å². The summed E-state index contributed by atoms with van der Waals surface area (Å²) in [5.41, 5.74) is 1.01. The summed E-state index contributed by atoms with van der Waals surface area (Å²) in [4.78, 5) is 14.0. The van der Waals surface area contributed by atoms with Crippen LogP contribution >= 0.6 is 11.8 Å². The first-order valence-corrected chi connectivity index (χ1v) is 9.10. The van der Waals surface area contributed by atoms with Crippen LogP contribution in [0.3, 0.4) is 0 Å². The van der Waals surface area contributed by atoms with E-state index in [1.807, 2.05) is 24.3 Å². The molecule has 0 aliphatic rings. The molecule has 27 heavy (non-hydrogen) atoms. The summed E-state index contributed by atoms with van der Waals surface area (Å²) in [5, 5.41) is 17.6. The molecule has 0 atom stereocenters. The van der Waals surface area contributed by atoms with E-state index in [1.54, 1.807) is 41.9 Å². The summed E-state index contributed by atoms with van der Waals surface area (Å²) in [6.45, 7) is -0.0390. The molecule has 1 aromatic heterocycles. The molecule has 0 fully saturated rings. The molecule has 0 spiro atoms. The number of amides is 1. The highest BCUT2D eigenvalue weighted by Crippen LogP contribution is 2.25. The van der Waals surface area contributed by atoms with E-state index in [0.717, 1.165) is 0 Å². The predicted molar refractivity (Wildman–Crippen MR) is 102 cm³/mol. The van der Waals surface area contributed by atoms with Gasteiger partial charge in [-0.05, 0) is 24.3 Å². The van der Waals surface area contributed by atoms with Gasteiger partial charge in [-0.1, -0.05) is 42.1 Å². The summed E-state index contributed by atoms with van der Waals surface area (Å²) < 4.78 is 15.6. The van der Waals surface area contributed by atoms with Gasteiger partial charge in [-0.3, -0.25) is 9.69 Å². The summed E-state index contributed by atoms with van der Waals surface area (Å²) in [6.07, 6.45) is 0. The van der Waals surface area contributed by atoms with E-state index in [2.05, 4.69) is 10.2 Å². The molecular weight excluding hydrogens is 365 g/mol. The zero-order valence-corrected chi connectivity index (χ0v) is 15.4. The van der Waals surface area contributed by atoms with E-state index in [1.165, 1.54) is 22.7 Å². The van der Waals surface area contributed by atoms with Crippen molar-refractivity contribution >= 4 is 23.4 Å². The molecule has 136 valence electrons. The Kier molecular flexibility index (Phi) is 5.84. The van der Waals surface area contributed by atoms with Crippen molar-refractivity contribution in [3.63, 3.8) is 0 Å². The number of halogens is 1. The van der Waals surface area contributed by atoms with Gasteiger partial charge in [0.15, 0.2) is 11.0 Å². The number of carbonyl (C=O) groups excluding carboxylic acids is 1. The number of rotatable bonds is 6. The summed E-state index contributed by atoms with van der Waals surface area (Å²) >= 11 is 1.19. The predicted octanol–water partition coefficient (Wildman–Crippen LogP) is 3.27. The topological polar surface area (TPSA) is 74.8 Å². The monoisotopic (exact) mass is 381 g/mol. The number of hydrogen-bond donors (Lipinski definition) is 0. The van der Waals surface area contributed by atoms with Crippen LogP contribution in [0.4, 0.5) is 10.1 Å². The van der Waals surface area contributed by atoms with Crippen molar-refractivity contribution in [3.05, 3.63) is 60.4 Å². The molecule has 2 aromatic carbocycles. The zero-order chi connectivity index (χ0) is 19.2. The molecule has 1 heterocycles. The van der Waals surface area contributed by atoms with Crippen molar-refractivity contribution in [3.8, 4) is 17.5 Å². The second-order valence-corrected chi connectivity index (χ2v) is 6.55. The minimum absolute atomic E-state index is 0.0390. The Morgan fingerprint density at radius 2 is 1.89 bits per heavy atom. The van der Waals surface area contributed by atoms with E-state index < -0.39 is 0 Å². The molecule has 0 saturated heterocycles. The van der Waals surface area contributed by atoms with Crippen molar-refractivity contribution in [2.24, 2.45) is 7.05 Å². The third-order valence-electron chi connectivity index (χ3n) is 3.87. The first kappa shape index (κ1) is 18.6. The molecule has 6 nitrogen and oxygen atoms in total. The van der Waals surface area contributed by atoms with Crippen LogP contribution in [0.25, 0.3) is 11.4 Å². The molecule has 3 aromatic rings. The number of nitrogens with zero attached hydrogens (tertiary/aromatic N) is 5. The molecule has 0 aliphatic heterocycles. The molecule has 1 amide bonds. The van der Waals surface area contributed by atoms with E-state index in [9.17, 15) is 9.18 Å². The summed E-state index contributed by atoms with van der Waals surface area (Å²) in [7, 11) is 1.72. The highest BCUT2D eigenvalue weighted by molar-refractivity contribution is 7.99. The Bertz CT molecular complexity index is 983. The average Bonchev–Trinajstić information content (AvgIpc) is 3.05. The number of aromatic nitrogens is 3. The fraction of sp³-hybridized carbons (Fsp3) is 0.158. The van der Waals surface area contributed by atoms with Crippen LogP contribution in [0.2, 0.25) is 0 Å². The Balaban J connectivity index is 1.74. The first-order valence-electron chi connectivity index (χ1n) is 8.11. The number of nitriles is 1. The molecular formula is C19H16FN5OS. The van der Waals surface area contributed by atoms with Crippen LogP contribution in [0.15, 0.2) is 59.8 Å². The maximum Gasteiger partial charge on any atom is 0.238 e. The number of carbonyl (C=O) groups is 1. The number of para-hydroxylation sites is 1. The quantitative estimate of drug-likeness (QED) is 0.484. The molecule has 0 bridgehead atoms. The minimum Gasteiger partial charge on any atom is -0.305 e. The van der Waals surface area contributed by atoms with Gasteiger partial charge in [0.1, 0.15) is 12.4 Å². The van der Waals surface area contributed by atoms with Crippen LogP contribution in [-0.4, -0.2) is 33.0 Å². The van der Waals surface area contributed by atoms with E-state index >= 15 is 0 Å². The number of thioether (sulfide) groups is 1. The van der Waals surface area contributed by atoms with Gasteiger partial charge in [0, 0.05) is 12.7 Å². The molecule has 0 radical (unpaired) electrons. The summed E-state index contributed by atoms with van der Waals surface area (Å²) in [6, 6.07) is 17.3. The van der Waals surface area contributed by atoms with Crippen LogP contribution in [0.1, 0.15) is 0 Å². The van der Waals surface area contributed by atoms with Crippen molar-refractivity contribution in [2.45, 2.75) is 5.16 Å². The van der Waals surface area contributed by atoms with Crippen molar-refractivity contribution in [1.29, 1.82) is 5.26 Å². The Labute approximate surface area is 160 Å². The maximum absolute atomic E-state index is 14.0. The smallest absolute Gasteiger partial charge is 0.238 e. The SMILES string of the molecule is Cn1c(SCC(=O)N(CC#N)c2ccccc2)nnc1-c1ccccc1F. The number of benzene rings is 2. The highest BCUT2D eigenvalue weighted by atomic mass is 32.2. The standard InChI is InChI=1S/C19H16FN5OS/c1-24-18(15-9-5-6-10-16(15)20)22-23-19(24)27-13-17(26)25(12-11-21)14-7-3-2-4-8-14/h2-10H,12-13H2,1H3. The Hall–Kier alpha value is -3.18. The van der Waals surface area contributed by atoms with Gasteiger partial charge >= 0.3 is 0 Å². The van der Waals surface area contributed by atoms with Gasteiger partial charge in [-0.2, -0.15) is 5.26 Å². The van der Waals surface area contributed by atoms with Crippen LogP contribution in [-0.2, 0) is 11.8 Å². The normalized spacial score (nSPS) is 10.4. The van der Waals surface area contributed by atoms with Gasteiger partial charge in [-0.25, -0.2) is 4.39 Å². The largest absolute Gasteiger partial charge is 0.305 e. The molecule has 8 heteroatoms. The maximum atomic E-state index is 14.0. The van der Waals surface area contributed by atoms with E-state index in [4.69, 9.17) is 5.26 Å². The molecule has 0 aliphatic carbocycles. The fourth-order valence-electron chi connectivity index (χ4n) is 2.52. The van der Waals surface area contributed by atoms with Crippen molar-refractivity contribution in [1.82, 2.24) is 14.8 Å². The second-order valence-electron chi connectivity index (χ2n) is 5.61. The lowest BCUT2D eigenvalue weighted by molar-refractivity contribution is -0.116. The average molecular weight is 381 g/mol. The van der Waals surface area contributed by atoms with Gasteiger partial charge in [0.05, 0.1) is 17.4 Å². The van der Waals surface area contributed by atoms with Gasteiger partial charge in [0.25, 0.3) is 0 Å². The Morgan fingerprint density at radius 1 is 1.19 bits per heavy atom. The molecule has 0 saturated carbocycles. The Morgan fingerprint density at radius 3 is 2.59 bits per heavy atom. The molecule has 0 unspecified atom stereocenters. The third kappa shape index (κ3) is 4.15. The van der Waals surface area contributed by atoms with Crippen LogP contribution in [0.5, 0.6) is 0 Å². The minimum atomic E-state index is -0.384. The van der Waals surface area contributed by atoms with Gasteiger partial charge in [0.2, 0.25) is 5.91 Å². The van der Waals surface area contributed by atoms with Crippen molar-refractivity contribution < 1.29 is 9.18 Å².